The number of benzene rings is 1. The van der Waals surface area contributed by atoms with Gasteiger partial charge in [-0.2, -0.15) is 0 Å². The Balaban J connectivity index is 1.94. The van der Waals surface area contributed by atoms with Crippen molar-refractivity contribution in [2.45, 2.75) is 12.8 Å². The first-order chi connectivity index (χ1) is 8.66. The molecule has 98 valence electrons. The largest absolute Gasteiger partial charge is 0.490 e. The summed E-state index contributed by atoms with van der Waals surface area (Å²) in [4.78, 5) is 9.84. The number of nitro benzene ring substituents is 1. The summed E-state index contributed by atoms with van der Waals surface area (Å²) >= 11 is 0. The van der Waals surface area contributed by atoms with E-state index in [2.05, 4.69) is 5.32 Å². The summed E-state index contributed by atoms with van der Waals surface area (Å²) in [6.07, 6.45) is 2.02. The van der Waals surface area contributed by atoms with Gasteiger partial charge in [-0.15, -0.1) is 0 Å². The van der Waals surface area contributed by atoms with Crippen LogP contribution in [0.1, 0.15) is 12.8 Å². The van der Waals surface area contributed by atoms with Gasteiger partial charge in [-0.05, 0) is 37.9 Å². The second kappa shape index (κ2) is 5.77. The van der Waals surface area contributed by atoms with Gasteiger partial charge in [-0.3, -0.25) is 10.1 Å². The van der Waals surface area contributed by atoms with Crippen LogP contribution in [-0.4, -0.2) is 24.6 Å². The van der Waals surface area contributed by atoms with Gasteiger partial charge >= 0.3 is 0 Å². The SMILES string of the molecule is O=[N+]([O-])c1ccc(OCC2CCNCC2)c(F)c1. The highest BCUT2D eigenvalue weighted by Gasteiger charge is 2.16. The molecule has 1 aromatic rings. The highest BCUT2D eigenvalue weighted by atomic mass is 19.1. The Hall–Kier alpha value is -1.69. The summed E-state index contributed by atoms with van der Waals surface area (Å²) in [6, 6.07) is 3.45. The van der Waals surface area contributed by atoms with Gasteiger partial charge in [0, 0.05) is 6.07 Å². The molecule has 1 aromatic carbocycles. The third-order valence-corrected chi connectivity index (χ3v) is 3.06. The predicted molar refractivity (Wildman–Crippen MR) is 64.1 cm³/mol. The van der Waals surface area contributed by atoms with Crippen molar-refractivity contribution in [3.63, 3.8) is 0 Å². The minimum atomic E-state index is -0.682. The molecule has 0 saturated carbocycles. The summed E-state index contributed by atoms with van der Waals surface area (Å²) in [6.45, 7) is 2.37. The Morgan fingerprint density at radius 1 is 1.44 bits per heavy atom. The molecule has 5 nitrogen and oxygen atoms in total. The first-order valence-corrected chi connectivity index (χ1v) is 5.94. The highest BCUT2D eigenvalue weighted by Crippen LogP contribution is 2.23. The molecule has 1 heterocycles. The minimum absolute atomic E-state index is 0.0825. The van der Waals surface area contributed by atoms with Crippen molar-refractivity contribution >= 4 is 5.69 Å². The molecule has 0 amide bonds. The van der Waals surface area contributed by atoms with Crippen molar-refractivity contribution in [2.75, 3.05) is 19.7 Å². The summed E-state index contributed by atoms with van der Waals surface area (Å²) in [5.41, 5.74) is -0.262. The van der Waals surface area contributed by atoms with E-state index >= 15 is 0 Å². The smallest absolute Gasteiger partial charge is 0.272 e. The maximum atomic E-state index is 13.5. The van der Waals surface area contributed by atoms with Crippen LogP contribution in [0.25, 0.3) is 0 Å². The number of hydrogen-bond acceptors (Lipinski definition) is 4. The fraction of sp³-hybridized carbons (Fsp3) is 0.500. The van der Waals surface area contributed by atoms with Gasteiger partial charge in [-0.1, -0.05) is 0 Å². The number of halogens is 1. The number of piperidine rings is 1. The highest BCUT2D eigenvalue weighted by molar-refractivity contribution is 5.37. The van der Waals surface area contributed by atoms with Gasteiger partial charge in [-0.25, -0.2) is 4.39 Å². The topological polar surface area (TPSA) is 64.4 Å². The molecule has 6 heteroatoms. The third-order valence-electron chi connectivity index (χ3n) is 3.06. The second-order valence-electron chi connectivity index (χ2n) is 4.38. The maximum absolute atomic E-state index is 13.5. The van der Waals surface area contributed by atoms with Crippen LogP contribution in [0.15, 0.2) is 18.2 Å². The van der Waals surface area contributed by atoms with Gasteiger partial charge in [0.1, 0.15) is 0 Å². The lowest BCUT2D eigenvalue weighted by atomic mass is 9.99. The standard InChI is InChI=1S/C12H15FN2O3/c13-11-7-10(15(16)17)1-2-12(11)18-8-9-3-5-14-6-4-9/h1-2,7,9,14H,3-6,8H2. The lowest BCUT2D eigenvalue weighted by molar-refractivity contribution is -0.385. The number of rotatable bonds is 4. The molecule has 1 aliphatic heterocycles. The molecule has 0 atom stereocenters. The van der Waals surface area contributed by atoms with E-state index in [1.54, 1.807) is 0 Å². The number of non-ortho nitro benzene ring substituents is 1. The van der Waals surface area contributed by atoms with Gasteiger partial charge in [0.05, 0.1) is 17.6 Å². The van der Waals surface area contributed by atoms with E-state index in [0.717, 1.165) is 32.0 Å². The van der Waals surface area contributed by atoms with Gasteiger partial charge in [0.25, 0.3) is 5.69 Å². The molecule has 1 N–H and O–H groups in total. The van der Waals surface area contributed by atoms with Crippen molar-refractivity contribution < 1.29 is 14.1 Å². The predicted octanol–water partition coefficient (Wildman–Crippen LogP) is 2.11. The molecule has 18 heavy (non-hydrogen) atoms. The lowest BCUT2D eigenvalue weighted by Gasteiger charge is -2.22. The van der Waals surface area contributed by atoms with Crippen molar-refractivity contribution in [1.82, 2.24) is 5.32 Å². The van der Waals surface area contributed by atoms with E-state index in [-0.39, 0.29) is 11.4 Å². The Morgan fingerprint density at radius 2 is 2.17 bits per heavy atom. The zero-order valence-electron chi connectivity index (χ0n) is 9.89. The Labute approximate surface area is 104 Å². The van der Waals surface area contributed by atoms with E-state index in [0.29, 0.717) is 12.5 Å². The normalized spacial score (nSPS) is 16.5. The van der Waals surface area contributed by atoms with E-state index in [1.807, 2.05) is 0 Å². The van der Waals surface area contributed by atoms with Crippen LogP contribution in [0.2, 0.25) is 0 Å². The second-order valence-corrected chi connectivity index (χ2v) is 4.38. The molecular formula is C12H15FN2O3. The van der Waals surface area contributed by atoms with Crippen LogP contribution in [0, 0.1) is 21.8 Å². The van der Waals surface area contributed by atoms with Crippen LogP contribution in [0.4, 0.5) is 10.1 Å². The molecule has 0 spiro atoms. The van der Waals surface area contributed by atoms with E-state index in [4.69, 9.17) is 4.74 Å². The molecule has 0 aromatic heterocycles. The molecule has 1 saturated heterocycles. The van der Waals surface area contributed by atoms with Crippen molar-refractivity contribution in [3.8, 4) is 5.75 Å². The quantitative estimate of drug-likeness (QED) is 0.660. The van der Waals surface area contributed by atoms with Crippen molar-refractivity contribution in [3.05, 3.63) is 34.1 Å². The van der Waals surface area contributed by atoms with Gasteiger partial charge in [0.15, 0.2) is 11.6 Å². The molecule has 0 bridgehead atoms. The molecule has 1 fully saturated rings. The number of ether oxygens (including phenoxy) is 1. The minimum Gasteiger partial charge on any atom is -0.490 e. The first kappa shape index (κ1) is 12.8. The van der Waals surface area contributed by atoms with Crippen LogP contribution in [0.3, 0.4) is 0 Å². The van der Waals surface area contributed by atoms with Gasteiger partial charge in [0.2, 0.25) is 0 Å². The van der Waals surface area contributed by atoms with Crippen LogP contribution < -0.4 is 10.1 Å². The summed E-state index contributed by atoms with van der Waals surface area (Å²) in [5.74, 6) is -0.182. The monoisotopic (exact) mass is 254 g/mol. The Bertz CT molecular complexity index is 433. The van der Waals surface area contributed by atoms with Crippen molar-refractivity contribution in [1.29, 1.82) is 0 Å². The van der Waals surface area contributed by atoms with Crippen LogP contribution in [-0.2, 0) is 0 Å². The van der Waals surface area contributed by atoms with E-state index in [1.165, 1.54) is 12.1 Å². The zero-order valence-corrected chi connectivity index (χ0v) is 9.89. The lowest BCUT2D eigenvalue weighted by Crippen LogP contribution is -2.30. The van der Waals surface area contributed by atoms with Crippen molar-refractivity contribution in [2.24, 2.45) is 5.92 Å². The number of nitrogens with zero attached hydrogens (tertiary/aromatic N) is 1. The number of hydrogen-bond donors (Lipinski definition) is 1. The third kappa shape index (κ3) is 3.16. The molecule has 0 radical (unpaired) electrons. The summed E-state index contributed by atoms with van der Waals surface area (Å²) in [5, 5.41) is 13.7. The number of nitrogens with one attached hydrogen (secondary N) is 1. The average molecular weight is 254 g/mol. The first-order valence-electron chi connectivity index (χ1n) is 5.94. The average Bonchev–Trinajstić information content (AvgIpc) is 2.38. The number of nitro groups is 1. The zero-order chi connectivity index (χ0) is 13.0. The molecule has 1 aliphatic rings. The summed E-state index contributed by atoms with van der Waals surface area (Å²) in [7, 11) is 0. The van der Waals surface area contributed by atoms with Gasteiger partial charge < -0.3 is 10.1 Å². The molecule has 0 unspecified atom stereocenters. The summed E-state index contributed by atoms with van der Waals surface area (Å²) < 4.78 is 18.9. The molecule has 0 aliphatic carbocycles. The molecular weight excluding hydrogens is 239 g/mol. The maximum Gasteiger partial charge on any atom is 0.272 e. The van der Waals surface area contributed by atoms with Crippen LogP contribution >= 0.6 is 0 Å². The van der Waals surface area contributed by atoms with E-state index < -0.39 is 10.7 Å². The fourth-order valence-corrected chi connectivity index (χ4v) is 1.98. The van der Waals surface area contributed by atoms with E-state index in [9.17, 15) is 14.5 Å². The van der Waals surface area contributed by atoms with Crippen LogP contribution in [0.5, 0.6) is 5.75 Å². The Kier molecular flexibility index (Phi) is 4.09. The fourth-order valence-electron chi connectivity index (χ4n) is 1.98. The Morgan fingerprint density at radius 3 is 2.78 bits per heavy atom. The molecule has 2 rings (SSSR count).